The molecule has 0 saturated heterocycles. The van der Waals surface area contributed by atoms with Gasteiger partial charge < -0.3 is 14.4 Å². The Bertz CT molecular complexity index is 996. The number of fused-ring (bicyclic) bond motifs is 2. The molecule has 4 rings (SSSR count). The Kier molecular flexibility index (Phi) is 5.27. The second kappa shape index (κ2) is 8.00. The van der Waals surface area contributed by atoms with Gasteiger partial charge >= 0.3 is 0 Å². The van der Waals surface area contributed by atoms with Gasteiger partial charge in [-0.15, -0.1) is 0 Å². The van der Waals surface area contributed by atoms with Crippen LogP contribution in [0.1, 0.15) is 5.56 Å². The Morgan fingerprint density at radius 1 is 1.14 bits per heavy atom. The number of carbonyl (C=O) groups is 1. The van der Waals surface area contributed by atoms with Crippen LogP contribution in [0.2, 0.25) is 0 Å². The molecule has 28 heavy (non-hydrogen) atoms. The highest BCUT2D eigenvalue weighted by Crippen LogP contribution is 2.33. The summed E-state index contributed by atoms with van der Waals surface area (Å²) in [4.78, 5) is 21.4. The molecular weight excluding hydrogens is 374 g/mol. The number of anilines is 1. The van der Waals surface area contributed by atoms with Gasteiger partial charge in [-0.25, -0.2) is 4.98 Å². The average Bonchev–Trinajstić information content (AvgIpc) is 3.32. The van der Waals surface area contributed by atoms with Crippen molar-refractivity contribution in [2.75, 3.05) is 38.9 Å². The molecule has 1 aliphatic rings. The standard InChI is InChI=1S/C21H21N3O3S/c1-23(2)11-12-24(21-22-16-5-3-4-6-19(16)28-21)20(25)10-8-15-7-9-17-18(13-15)27-14-26-17/h3-10,13H,11-12,14H2,1-2H3. The molecule has 7 heteroatoms. The molecule has 0 bridgehead atoms. The molecule has 0 atom stereocenters. The summed E-state index contributed by atoms with van der Waals surface area (Å²) in [5, 5.41) is 0.711. The third-order valence-electron chi connectivity index (χ3n) is 4.37. The number of ether oxygens (including phenoxy) is 2. The third kappa shape index (κ3) is 4.00. The van der Waals surface area contributed by atoms with Crippen molar-refractivity contribution in [2.24, 2.45) is 0 Å². The largest absolute Gasteiger partial charge is 0.454 e. The molecular formula is C21H21N3O3S. The number of aromatic nitrogens is 1. The summed E-state index contributed by atoms with van der Waals surface area (Å²) in [6, 6.07) is 13.5. The number of hydrogen-bond acceptors (Lipinski definition) is 6. The Balaban J connectivity index is 1.57. The van der Waals surface area contributed by atoms with E-state index in [0.717, 1.165) is 28.1 Å². The molecule has 0 spiro atoms. The van der Waals surface area contributed by atoms with Gasteiger partial charge in [0.05, 0.1) is 10.2 Å². The first-order valence-corrected chi connectivity index (χ1v) is 9.81. The maximum absolute atomic E-state index is 13.0. The van der Waals surface area contributed by atoms with Crippen LogP contribution in [0.3, 0.4) is 0 Å². The number of hydrogen-bond donors (Lipinski definition) is 0. The van der Waals surface area contributed by atoms with E-state index in [1.165, 1.54) is 11.3 Å². The minimum absolute atomic E-state index is 0.0985. The van der Waals surface area contributed by atoms with E-state index in [1.54, 1.807) is 17.1 Å². The first kappa shape index (κ1) is 18.5. The van der Waals surface area contributed by atoms with Crippen LogP contribution >= 0.6 is 11.3 Å². The summed E-state index contributed by atoms with van der Waals surface area (Å²) in [6.07, 6.45) is 3.37. The van der Waals surface area contributed by atoms with E-state index in [4.69, 9.17) is 9.47 Å². The van der Waals surface area contributed by atoms with Gasteiger partial charge in [0.1, 0.15) is 0 Å². The van der Waals surface area contributed by atoms with Gasteiger partial charge in [-0.2, -0.15) is 0 Å². The van der Waals surface area contributed by atoms with Crippen molar-refractivity contribution in [1.82, 2.24) is 9.88 Å². The summed E-state index contributed by atoms with van der Waals surface area (Å²) in [5.41, 5.74) is 1.79. The zero-order chi connectivity index (χ0) is 19.5. The Labute approximate surface area is 167 Å². The molecule has 0 aliphatic carbocycles. The Morgan fingerprint density at radius 3 is 2.79 bits per heavy atom. The average molecular weight is 395 g/mol. The van der Waals surface area contributed by atoms with Crippen molar-refractivity contribution in [3.8, 4) is 11.5 Å². The normalized spacial score (nSPS) is 13.0. The molecule has 2 aromatic carbocycles. The number of carbonyl (C=O) groups excluding carboxylic acids is 1. The zero-order valence-electron chi connectivity index (χ0n) is 15.8. The lowest BCUT2D eigenvalue weighted by Gasteiger charge is -2.20. The Hall–Kier alpha value is -2.90. The van der Waals surface area contributed by atoms with Crippen LogP contribution in [0.5, 0.6) is 11.5 Å². The lowest BCUT2D eigenvalue weighted by molar-refractivity contribution is -0.114. The maximum Gasteiger partial charge on any atom is 0.252 e. The van der Waals surface area contributed by atoms with Crippen LogP contribution in [0, 0.1) is 0 Å². The number of thiazole rings is 1. The fourth-order valence-corrected chi connectivity index (χ4v) is 3.85. The first-order valence-electron chi connectivity index (χ1n) is 9.00. The fraction of sp³-hybridized carbons (Fsp3) is 0.238. The van der Waals surface area contributed by atoms with Crippen LogP contribution in [0.25, 0.3) is 16.3 Å². The number of nitrogens with zero attached hydrogens (tertiary/aromatic N) is 3. The second-order valence-electron chi connectivity index (χ2n) is 6.70. The molecule has 1 amide bonds. The molecule has 0 unspecified atom stereocenters. The third-order valence-corrected chi connectivity index (χ3v) is 5.42. The van der Waals surface area contributed by atoms with E-state index in [9.17, 15) is 4.79 Å². The van der Waals surface area contributed by atoms with E-state index < -0.39 is 0 Å². The predicted molar refractivity (Wildman–Crippen MR) is 112 cm³/mol. The van der Waals surface area contributed by atoms with E-state index in [1.807, 2.05) is 56.6 Å². The van der Waals surface area contributed by atoms with Gasteiger partial charge in [-0.1, -0.05) is 29.5 Å². The van der Waals surface area contributed by atoms with Crippen LogP contribution in [0.4, 0.5) is 5.13 Å². The van der Waals surface area contributed by atoms with Gasteiger partial charge in [-0.05, 0) is 50.0 Å². The first-order chi connectivity index (χ1) is 13.6. The highest BCUT2D eigenvalue weighted by Gasteiger charge is 2.18. The summed E-state index contributed by atoms with van der Waals surface area (Å²) in [7, 11) is 3.98. The summed E-state index contributed by atoms with van der Waals surface area (Å²) in [6.45, 7) is 1.55. The number of benzene rings is 2. The summed E-state index contributed by atoms with van der Waals surface area (Å²) < 4.78 is 11.8. The van der Waals surface area contributed by atoms with Crippen molar-refractivity contribution in [2.45, 2.75) is 0 Å². The van der Waals surface area contributed by atoms with Crippen molar-refractivity contribution in [1.29, 1.82) is 0 Å². The summed E-state index contributed by atoms with van der Waals surface area (Å²) in [5.74, 6) is 1.33. The fourth-order valence-electron chi connectivity index (χ4n) is 2.85. The number of para-hydroxylation sites is 1. The van der Waals surface area contributed by atoms with Crippen molar-refractivity contribution in [3.05, 3.63) is 54.1 Å². The molecule has 3 aromatic rings. The van der Waals surface area contributed by atoms with Crippen LogP contribution < -0.4 is 14.4 Å². The highest BCUT2D eigenvalue weighted by atomic mass is 32.1. The molecule has 2 heterocycles. The molecule has 6 nitrogen and oxygen atoms in total. The van der Waals surface area contributed by atoms with E-state index >= 15 is 0 Å². The topological polar surface area (TPSA) is 54.9 Å². The van der Waals surface area contributed by atoms with E-state index in [-0.39, 0.29) is 12.7 Å². The molecule has 144 valence electrons. The van der Waals surface area contributed by atoms with Crippen molar-refractivity contribution in [3.63, 3.8) is 0 Å². The van der Waals surface area contributed by atoms with Crippen molar-refractivity contribution < 1.29 is 14.3 Å². The molecule has 0 N–H and O–H groups in total. The van der Waals surface area contributed by atoms with Gasteiger partial charge in [0.25, 0.3) is 5.91 Å². The molecule has 1 aromatic heterocycles. The molecule has 1 aliphatic heterocycles. The van der Waals surface area contributed by atoms with E-state index in [0.29, 0.717) is 17.4 Å². The van der Waals surface area contributed by atoms with Gasteiger partial charge in [0.15, 0.2) is 16.6 Å². The minimum atomic E-state index is -0.0985. The highest BCUT2D eigenvalue weighted by molar-refractivity contribution is 7.22. The molecule has 0 radical (unpaired) electrons. The molecule has 0 fully saturated rings. The monoisotopic (exact) mass is 395 g/mol. The smallest absolute Gasteiger partial charge is 0.252 e. The van der Waals surface area contributed by atoms with Crippen LogP contribution in [-0.4, -0.2) is 49.8 Å². The maximum atomic E-state index is 13.0. The SMILES string of the molecule is CN(C)CCN(C(=O)C=Cc1ccc2c(c1)OCO2)c1nc2ccccc2s1. The van der Waals surface area contributed by atoms with Gasteiger partial charge in [0, 0.05) is 19.2 Å². The van der Waals surface area contributed by atoms with Crippen LogP contribution in [-0.2, 0) is 4.79 Å². The van der Waals surface area contributed by atoms with Crippen LogP contribution in [0.15, 0.2) is 48.5 Å². The van der Waals surface area contributed by atoms with Gasteiger partial charge in [-0.3, -0.25) is 9.69 Å². The predicted octanol–water partition coefficient (Wildman–Crippen LogP) is 3.63. The molecule has 0 saturated carbocycles. The second-order valence-corrected chi connectivity index (χ2v) is 7.71. The zero-order valence-corrected chi connectivity index (χ0v) is 16.6. The van der Waals surface area contributed by atoms with E-state index in [2.05, 4.69) is 9.88 Å². The lowest BCUT2D eigenvalue weighted by Crippen LogP contribution is -2.35. The quantitative estimate of drug-likeness (QED) is 0.597. The number of amides is 1. The van der Waals surface area contributed by atoms with Crippen molar-refractivity contribution >= 4 is 38.7 Å². The summed E-state index contributed by atoms with van der Waals surface area (Å²) >= 11 is 1.53. The van der Waals surface area contributed by atoms with Gasteiger partial charge in [0.2, 0.25) is 6.79 Å². The lowest BCUT2D eigenvalue weighted by atomic mass is 10.2. The Morgan fingerprint density at radius 2 is 1.96 bits per heavy atom. The number of likely N-dealkylation sites (N-methyl/N-ethyl adjacent to an activating group) is 1. The number of rotatable bonds is 6. The minimum Gasteiger partial charge on any atom is -0.454 e.